The SMILES string of the molecule is CC(=O)N(CCNC(=O)Cc1ccc(Cl)cc1)C(C)C. The molecule has 0 saturated carbocycles. The lowest BCUT2D eigenvalue weighted by atomic mass is 10.1. The third-order valence-corrected chi connectivity index (χ3v) is 3.23. The zero-order valence-electron chi connectivity index (χ0n) is 12.1. The van der Waals surface area contributed by atoms with Crippen molar-refractivity contribution in [3.05, 3.63) is 34.9 Å². The Balaban J connectivity index is 2.36. The van der Waals surface area contributed by atoms with Gasteiger partial charge in [-0.1, -0.05) is 23.7 Å². The molecule has 1 aromatic carbocycles. The second-order valence-electron chi connectivity index (χ2n) is 4.96. The molecule has 1 rings (SSSR count). The highest BCUT2D eigenvalue weighted by atomic mass is 35.5. The van der Waals surface area contributed by atoms with Gasteiger partial charge in [0, 0.05) is 31.1 Å². The Labute approximate surface area is 125 Å². The van der Waals surface area contributed by atoms with Gasteiger partial charge < -0.3 is 10.2 Å². The minimum Gasteiger partial charge on any atom is -0.354 e. The molecule has 0 aliphatic heterocycles. The number of carbonyl (C=O) groups is 2. The van der Waals surface area contributed by atoms with Crippen LogP contribution in [0.4, 0.5) is 0 Å². The molecule has 1 N–H and O–H groups in total. The van der Waals surface area contributed by atoms with E-state index >= 15 is 0 Å². The van der Waals surface area contributed by atoms with Gasteiger partial charge >= 0.3 is 0 Å². The van der Waals surface area contributed by atoms with Crippen LogP contribution < -0.4 is 5.32 Å². The maximum atomic E-state index is 11.8. The Bertz CT molecular complexity index is 457. The van der Waals surface area contributed by atoms with Crippen LogP contribution in [0.25, 0.3) is 0 Å². The summed E-state index contributed by atoms with van der Waals surface area (Å²) >= 11 is 5.79. The highest BCUT2D eigenvalue weighted by Gasteiger charge is 2.12. The molecule has 0 spiro atoms. The van der Waals surface area contributed by atoms with Gasteiger partial charge in [0.1, 0.15) is 0 Å². The van der Waals surface area contributed by atoms with Crippen molar-refractivity contribution < 1.29 is 9.59 Å². The summed E-state index contributed by atoms with van der Waals surface area (Å²) in [5, 5.41) is 3.48. The van der Waals surface area contributed by atoms with Gasteiger partial charge in [-0.25, -0.2) is 0 Å². The normalized spacial score (nSPS) is 10.4. The second-order valence-corrected chi connectivity index (χ2v) is 5.40. The average Bonchev–Trinajstić information content (AvgIpc) is 2.36. The van der Waals surface area contributed by atoms with Crippen LogP contribution in [-0.2, 0) is 16.0 Å². The molecule has 0 bridgehead atoms. The molecule has 2 amide bonds. The smallest absolute Gasteiger partial charge is 0.224 e. The molecular weight excluding hydrogens is 276 g/mol. The van der Waals surface area contributed by atoms with Gasteiger partial charge in [-0.3, -0.25) is 9.59 Å². The van der Waals surface area contributed by atoms with E-state index in [0.29, 0.717) is 24.5 Å². The number of rotatable bonds is 6. The van der Waals surface area contributed by atoms with Crippen molar-refractivity contribution in [1.29, 1.82) is 0 Å². The molecule has 1 aromatic rings. The lowest BCUT2D eigenvalue weighted by Crippen LogP contribution is -2.41. The van der Waals surface area contributed by atoms with Crippen molar-refractivity contribution in [3.63, 3.8) is 0 Å². The topological polar surface area (TPSA) is 49.4 Å². The van der Waals surface area contributed by atoms with Gasteiger partial charge in [-0.05, 0) is 31.5 Å². The number of amides is 2. The maximum absolute atomic E-state index is 11.8. The molecule has 110 valence electrons. The van der Waals surface area contributed by atoms with Crippen molar-refractivity contribution in [2.45, 2.75) is 33.2 Å². The quantitative estimate of drug-likeness (QED) is 0.875. The van der Waals surface area contributed by atoms with Gasteiger partial charge in [-0.2, -0.15) is 0 Å². The Kier molecular flexibility index (Phi) is 6.52. The summed E-state index contributed by atoms with van der Waals surface area (Å²) in [5.74, 6) is -0.0356. The number of nitrogens with zero attached hydrogens (tertiary/aromatic N) is 1. The predicted molar refractivity (Wildman–Crippen MR) is 80.7 cm³/mol. The van der Waals surface area contributed by atoms with E-state index in [9.17, 15) is 9.59 Å². The van der Waals surface area contributed by atoms with E-state index in [4.69, 9.17) is 11.6 Å². The number of hydrogen-bond acceptors (Lipinski definition) is 2. The molecule has 0 saturated heterocycles. The Hall–Kier alpha value is -1.55. The highest BCUT2D eigenvalue weighted by Crippen LogP contribution is 2.09. The molecule has 0 radical (unpaired) electrons. The summed E-state index contributed by atoms with van der Waals surface area (Å²) in [5.41, 5.74) is 0.916. The summed E-state index contributed by atoms with van der Waals surface area (Å²) < 4.78 is 0. The zero-order chi connectivity index (χ0) is 15.1. The van der Waals surface area contributed by atoms with Crippen LogP contribution >= 0.6 is 11.6 Å². The third kappa shape index (κ3) is 5.61. The van der Waals surface area contributed by atoms with Crippen LogP contribution in [0.1, 0.15) is 26.3 Å². The van der Waals surface area contributed by atoms with Gasteiger partial charge in [0.05, 0.1) is 6.42 Å². The number of halogens is 1. The molecule has 0 aliphatic rings. The third-order valence-electron chi connectivity index (χ3n) is 2.98. The van der Waals surface area contributed by atoms with Crippen LogP contribution in [0.15, 0.2) is 24.3 Å². The number of benzene rings is 1. The van der Waals surface area contributed by atoms with Crippen molar-refractivity contribution in [1.82, 2.24) is 10.2 Å². The van der Waals surface area contributed by atoms with Gasteiger partial charge in [0.15, 0.2) is 0 Å². The fourth-order valence-corrected chi connectivity index (χ4v) is 2.07. The molecule has 0 heterocycles. The van der Waals surface area contributed by atoms with E-state index in [1.54, 1.807) is 17.0 Å². The fraction of sp³-hybridized carbons (Fsp3) is 0.467. The largest absolute Gasteiger partial charge is 0.354 e. The maximum Gasteiger partial charge on any atom is 0.224 e. The summed E-state index contributed by atoms with van der Waals surface area (Å²) in [4.78, 5) is 24.9. The minimum absolute atomic E-state index is 0.0203. The monoisotopic (exact) mass is 296 g/mol. The highest BCUT2D eigenvalue weighted by molar-refractivity contribution is 6.30. The lowest BCUT2D eigenvalue weighted by Gasteiger charge is -2.25. The van der Waals surface area contributed by atoms with Crippen LogP contribution in [0.3, 0.4) is 0 Å². The average molecular weight is 297 g/mol. The first-order chi connectivity index (χ1) is 9.40. The van der Waals surface area contributed by atoms with Crippen LogP contribution in [0.2, 0.25) is 5.02 Å². The Morgan fingerprint density at radius 2 is 1.85 bits per heavy atom. The first kappa shape index (κ1) is 16.5. The van der Waals surface area contributed by atoms with Crippen molar-refractivity contribution in [2.24, 2.45) is 0 Å². The van der Waals surface area contributed by atoms with Crippen LogP contribution in [0.5, 0.6) is 0 Å². The first-order valence-corrected chi connectivity index (χ1v) is 7.06. The van der Waals surface area contributed by atoms with E-state index in [0.717, 1.165) is 5.56 Å². The van der Waals surface area contributed by atoms with Crippen molar-refractivity contribution >= 4 is 23.4 Å². The lowest BCUT2D eigenvalue weighted by molar-refractivity contribution is -0.131. The summed E-state index contributed by atoms with van der Waals surface area (Å²) in [6, 6.07) is 7.33. The second kappa shape index (κ2) is 7.90. The molecular formula is C15H21ClN2O2. The van der Waals surface area contributed by atoms with E-state index in [-0.39, 0.29) is 17.9 Å². The van der Waals surface area contributed by atoms with E-state index in [2.05, 4.69) is 5.32 Å². The predicted octanol–water partition coefficient (Wildman–Crippen LogP) is 2.26. The Morgan fingerprint density at radius 3 is 2.35 bits per heavy atom. The van der Waals surface area contributed by atoms with E-state index < -0.39 is 0 Å². The molecule has 0 fully saturated rings. The van der Waals surface area contributed by atoms with Gasteiger partial charge in [0.2, 0.25) is 11.8 Å². The van der Waals surface area contributed by atoms with Crippen molar-refractivity contribution in [3.8, 4) is 0 Å². The van der Waals surface area contributed by atoms with Gasteiger partial charge in [-0.15, -0.1) is 0 Å². The number of carbonyl (C=O) groups excluding carboxylic acids is 2. The van der Waals surface area contributed by atoms with Gasteiger partial charge in [0.25, 0.3) is 0 Å². The van der Waals surface area contributed by atoms with Crippen LogP contribution in [0, 0.1) is 0 Å². The molecule has 0 atom stereocenters. The van der Waals surface area contributed by atoms with Crippen LogP contribution in [-0.4, -0.2) is 35.8 Å². The molecule has 0 unspecified atom stereocenters. The molecule has 5 heteroatoms. The summed E-state index contributed by atoms with van der Waals surface area (Å²) in [7, 11) is 0. The summed E-state index contributed by atoms with van der Waals surface area (Å²) in [6.45, 7) is 6.44. The van der Waals surface area contributed by atoms with E-state index in [1.807, 2.05) is 26.0 Å². The Morgan fingerprint density at radius 1 is 1.25 bits per heavy atom. The number of nitrogens with one attached hydrogen (secondary N) is 1. The molecule has 4 nitrogen and oxygen atoms in total. The summed E-state index contributed by atoms with van der Waals surface area (Å²) in [6.07, 6.45) is 0.318. The molecule has 0 aromatic heterocycles. The first-order valence-electron chi connectivity index (χ1n) is 6.68. The van der Waals surface area contributed by atoms with Crippen molar-refractivity contribution in [2.75, 3.05) is 13.1 Å². The molecule has 0 aliphatic carbocycles. The molecule has 20 heavy (non-hydrogen) atoms. The fourth-order valence-electron chi connectivity index (χ4n) is 1.95. The zero-order valence-corrected chi connectivity index (χ0v) is 12.9. The number of hydrogen-bond donors (Lipinski definition) is 1. The minimum atomic E-state index is -0.0559. The standard InChI is InChI=1S/C15H21ClN2O2/c1-11(2)18(12(3)19)9-8-17-15(20)10-13-4-6-14(16)7-5-13/h4-7,11H,8-10H2,1-3H3,(H,17,20). The van der Waals surface area contributed by atoms with E-state index in [1.165, 1.54) is 6.92 Å².